The van der Waals surface area contributed by atoms with Crippen LogP contribution in [0.15, 0.2) is 48.5 Å². The Labute approximate surface area is 145 Å². The number of amides is 1. The standard InChI is InChI=1S/C17H17Cl2NOS/c18-15-7-3-1-5-13(15)11-17(21)20-9-10-22-12-14-6-2-4-8-16(14)19/h1-8H,9-12H2,(H,20,21). The van der Waals surface area contributed by atoms with Crippen LogP contribution >= 0.6 is 35.0 Å². The second-order valence-corrected chi connectivity index (χ2v) is 6.68. The molecule has 0 spiro atoms. The highest BCUT2D eigenvalue weighted by atomic mass is 35.5. The van der Waals surface area contributed by atoms with Crippen molar-refractivity contribution in [2.75, 3.05) is 12.3 Å². The molecule has 0 aromatic heterocycles. The zero-order valence-corrected chi connectivity index (χ0v) is 14.3. The van der Waals surface area contributed by atoms with Gasteiger partial charge in [0.15, 0.2) is 0 Å². The van der Waals surface area contributed by atoms with E-state index in [0.29, 0.717) is 18.0 Å². The summed E-state index contributed by atoms with van der Waals surface area (Å²) in [5, 5.41) is 4.33. The first-order valence-electron chi connectivity index (χ1n) is 6.98. The Bertz CT molecular complexity index is 634. The molecule has 2 rings (SSSR count). The predicted molar refractivity (Wildman–Crippen MR) is 95.8 cm³/mol. The molecule has 0 aliphatic heterocycles. The molecule has 0 saturated heterocycles. The average molecular weight is 354 g/mol. The average Bonchev–Trinajstić information content (AvgIpc) is 2.51. The topological polar surface area (TPSA) is 29.1 Å². The Hall–Kier alpha value is -1.16. The summed E-state index contributed by atoms with van der Waals surface area (Å²) in [6.45, 7) is 0.637. The van der Waals surface area contributed by atoms with Gasteiger partial charge in [0, 0.05) is 28.1 Å². The van der Waals surface area contributed by atoms with E-state index >= 15 is 0 Å². The second-order valence-electron chi connectivity index (χ2n) is 4.76. The molecule has 0 fully saturated rings. The number of halogens is 2. The molecular weight excluding hydrogens is 337 g/mol. The summed E-state index contributed by atoms with van der Waals surface area (Å²) in [5.41, 5.74) is 1.97. The van der Waals surface area contributed by atoms with Crippen molar-refractivity contribution in [2.45, 2.75) is 12.2 Å². The fourth-order valence-electron chi connectivity index (χ4n) is 1.94. The van der Waals surface area contributed by atoms with Gasteiger partial charge in [-0.1, -0.05) is 59.6 Å². The molecule has 0 unspecified atom stereocenters. The van der Waals surface area contributed by atoms with Crippen LogP contribution in [-0.2, 0) is 17.0 Å². The van der Waals surface area contributed by atoms with E-state index in [2.05, 4.69) is 5.32 Å². The lowest BCUT2D eigenvalue weighted by Crippen LogP contribution is -2.27. The van der Waals surface area contributed by atoms with Crippen LogP contribution in [0.3, 0.4) is 0 Å². The highest BCUT2D eigenvalue weighted by Crippen LogP contribution is 2.20. The lowest BCUT2D eigenvalue weighted by Gasteiger charge is -2.07. The fourth-order valence-corrected chi connectivity index (χ4v) is 3.28. The number of benzene rings is 2. The van der Waals surface area contributed by atoms with Crippen molar-refractivity contribution in [3.63, 3.8) is 0 Å². The van der Waals surface area contributed by atoms with Crippen molar-refractivity contribution in [2.24, 2.45) is 0 Å². The minimum absolute atomic E-state index is 0.00792. The molecule has 0 heterocycles. The lowest BCUT2D eigenvalue weighted by atomic mass is 10.1. The quantitative estimate of drug-likeness (QED) is 0.737. The number of hydrogen-bond donors (Lipinski definition) is 1. The van der Waals surface area contributed by atoms with Crippen molar-refractivity contribution in [1.82, 2.24) is 5.32 Å². The van der Waals surface area contributed by atoms with Crippen LogP contribution in [-0.4, -0.2) is 18.2 Å². The van der Waals surface area contributed by atoms with Gasteiger partial charge in [-0.25, -0.2) is 0 Å². The van der Waals surface area contributed by atoms with Crippen LogP contribution in [0.5, 0.6) is 0 Å². The number of nitrogens with one attached hydrogen (secondary N) is 1. The highest BCUT2D eigenvalue weighted by Gasteiger charge is 2.06. The van der Waals surface area contributed by atoms with Gasteiger partial charge in [-0.05, 0) is 23.3 Å². The van der Waals surface area contributed by atoms with Crippen LogP contribution in [0.1, 0.15) is 11.1 Å². The molecule has 116 valence electrons. The Kier molecular flexibility index (Phi) is 7.10. The molecule has 2 aromatic carbocycles. The van der Waals surface area contributed by atoms with Crippen LogP contribution in [0.2, 0.25) is 10.0 Å². The molecule has 0 bridgehead atoms. The maximum Gasteiger partial charge on any atom is 0.224 e. The van der Waals surface area contributed by atoms with E-state index < -0.39 is 0 Å². The number of carbonyl (C=O) groups is 1. The summed E-state index contributed by atoms with van der Waals surface area (Å²) in [4.78, 5) is 11.9. The van der Waals surface area contributed by atoms with Gasteiger partial charge >= 0.3 is 0 Å². The number of rotatable bonds is 7. The van der Waals surface area contributed by atoms with Gasteiger partial charge in [0.25, 0.3) is 0 Å². The molecule has 5 heteroatoms. The van der Waals surface area contributed by atoms with Crippen molar-refractivity contribution in [1.29, 1.82) is 0 Å². The smallest absolute Gasteiger partial charge is 0.224 e. The van der Waals surface area contributed by atoms with Gasteiger partial charge in [0.2, 0.25) is 5.91 Å². The van der Waals surface area contributed by atoms with E-state index in [4.69, 9.17) is 23.2 Å². The molecule has 1 amide bonds. The molecule has 0 aliphatic carbocycles. The first kappa shape index (κ1) is 17.2. The first-order valence-corrected chi connectivity index (χ1v) is 8.89. The zero-order chi connectivity index (χ0) is 15.8. The number of thioether (sulfide) groups is 1. The van der Waals surface area contributed by atoms with Crippen molar-refractivity contribution < 1.29 is 4.79 Å². The molecule has 0 aliphatic rings. The van der Waals surface area contributed by atoms with Crippen molar-refractivity contribution >= 4 is 40.9 Å². The molecule has 2 aromatic rings. The highest BCUT2D eigenvalue weighted by molar-refractivity contribution is 7.98. The van der Waals surface area contributed by atoms with Gasteiger partial charge in [0.1, 0.15) is 0 Å². The minimum Gasteiger partial charge on any atom is -0.355 e. The van der Waals surface area contributed by atoms with Crippen molar-refractivity contribution in [3.8, 4) is 0 Å². The predicted octanol–water partition coefficient (Wildman–Crippen LogP) is 4.59. The van der Waals surface area contributed by atoms with Gasteiger partial charge in [-0.3, -0.25) is 4.79 Å². The molecule has 0 radical (unpaired) electrons. The number of carbonyl (C=O) groups excluding carboxylic acids is 1. The Morgan fingerprint density at radius 1 is 0.955 bits per heavy atom. The van der Waals surface area contributed by atoms with Gasteiger partial charge in [0.05, 0.1) is 6.42 Å². The van der Waals surface area contributed by atoms with E-state index in [1.54, 1.807) is 17.8 Å². The van der Waals surface area contributed by atoms with Crippen molar-refractivity contribution in [3.05, 3.63) is 69.7 Å². The summed E-state index contributed by atoms with van der Waals surface area (Å²) < 4.78 is 0. The Balaban J connectivity index is 1.65. The summed E-state index contributed by atoms with van der Waals surface area (Å²) >= 11 is 13.9. The van der Waals surface area contributed by atoms with Gasteiger partial charge in [-0.15, -0.1) is 0 Å². The first-order chi connectivity index (χ1) is 10.7. The maximum atomic E-state index is 11.9. The normalized spacial score (nSPS) is 10.5. The summed E-state index contributed by atoms with van der Waals surface area (Å²) in [6.07, 6.45) is 0.314. The molecule has 0 atom stereocenters. The molecule has 0 saturated carbocycles. The Morgan fingerprint density at radius 2 is 1.55 bits per heavy atom. The maximum absolute atomic E-state index is 11.9. The Morgan fingerprint density at radius 3 is 2.18 bits per heavy atom. The van der Waals surface area contributed by atoms with E-state index in [9.17, 15) is 4.79 Å². The minimum atomic E-state index is -0.00792. The van der Waals surface area contributed by atoms with E-state index in [0.717, 1.165) is 27.7 Å². The molecule has 22 heavy (non-hydrogen) atoms. The monoisotopic (exact) mass is 353 g/mol. The van der Waals surface area contributed by atoms with Crippen LogP contribution in [0.4, 0.5) is 0 Å². The summed E-state index contributed by atoms with van der Waals surface area (Å²) in [7, 11) is 0. The fraction of sp³-hybridized carbons (Fsp3) is 0.235. The third-order valence-corrected chi connectivity index (χ3v) is 4.84. The van der Waals surface area contributed by atoms with E-state index in [1.807, 2.05) is 42.5 Å². The molecule has 1 N–H and O–H groups in total. The van der Waals surface area contributed by atoms with E-state index in [-0.39, 0.29) is 5.91 Å². The van der Waals surface area contributed by atoms with E-state index in [1.165, 1.54) is 0 Å². The van der Waals surface area contributed by atoms with Gasteiger partial charge < -0.3 is 5.32 Å². The third kappa shape index (κ3) is 5.56. The molecule has 2 nitrogen and oxygen atoms in total. The summed E-state index contributed by atoms with van der Waals surface area (Å²) in [6, 6.07) is 15.2. The third-order valence-electron chi connectivity index (χ3n) is 3.09. The van der Waals surface area contributed by atoms with Crippen LogP contribution in [0.25, 0.3) is 0 Å². The molecular formula is C17H17Cl2NOS. The van der Waals surface area contributed by atoms with Crippen LogP contribution < -0.4 is 5.32 Å². The second kappa shape index (κ2) is 9.09. The van der Waals surface area contributed by atoms with Crippen LogP contribution in [0, 0.1) is 0 Å². The SMILES string of the molecule is O=C(Cc1ccccc1Cl)NCCSCc1ccccc1Cl. The zero-order valence-electron chi connectivity index (χ0n) is 12.0. The largest absolute Gasteiger partial charge is 0.355 e. The number of hydrogen-bond acceptors (Lipinski definition) is 2. The lowest BCUT2D eigenvalue weighted by molar-refractivity contribution is -0.120. The summed E-state index contributed by atoms with van der Waals surface area (Å²) in [5.74, 6) is 1.69. The van der Waals surface area contributed by atoms with Gasteiger partial charge in [-0.2, -0.15) is 11.8 Å².